The highest BCUT2D eigenvalue weighted by Crippen LogP contribution is 2.20. The first-order chi connectivity index (χ1) is 15.0. The molecule has 1 unspecified atom stereocenters. The van der Waals surface area contributed by atoms with Crippen LogP contribution in [0.1, 0.15) is 11.6 Å². The topological polar surface area (TPSA) is 73.9 Å². The number of nitrogens with one attached hydrogen (secondary N) is 2. The van der Waals surface area contributed by atoms with Crippen molar-refractivity contribution in [1.29, 1.82) is 0 Å². The smallest absolute Gasteiger partial charge is 0.244 e. The third-order valence-corrected chi connectivity index (χ3v) is 5.53. The minimum atomic E-state index is -0.295. The summed E-state index contributed by atoms with van der Waals surface area (Å²) < 4.78 is 5.43. The Labute approximate surface area is 188 Å². The molecule has 2 aromatic carbocycles. The van der Waals surface area contributed by atoms with E-state index in [1.54, 1.807) is 31.3 Å². The molecule has 8 heteroatoms. The number of ether oxygens (including phenoxy) is 1. The number of carbonyl (C=O) groups is 2. The molecule has 31 heavy (non-hydrogen) atoms. The Balaban J connectivity index is 1.53. The zero-order valence-corrected chi connectivity index (χ0v) is 18.5. The van der Waals surface area contributed by atoms with E-state index in [1.807, 2.05) is 18.2 Å². The van der Waals surface area contributed by atoms with Crippen molar-refractivity contribution in [2.45, 2.75) is 6.04 Å². The van der Waals surface area contributed by atoms with Gasteiger partial charge in [0.1, 0.15) is 0 Å². The molecule has 1 atom stereocenters. The minimum absolute atomic E-state index is 0.00796. The number of hydrogen-bond acceptors (Lipinski definition) is 5. The van der Waals surface area contributed by atoms with E-state index in [2.05, 4.69) is 27.7 Å². The predicted molar refractivity (Wildman–Crippen MR) is 122 cm³/mol. The van der Waals surface area contributed by atoms with Gasteiger partial charge >= 0.3 is 0 Å². The van der Waals surface area contributed by atoms with Crippen LogP contribution in [0.3, 0.4) is 0 Å². The Bertz CT molecular complexity index is 859. The molecule has 0 saturated carbocycles. The number of carbonyl (C=O) groups excluding carboxylic acids is 2. The van der Waals surface area contributed by atoms with Crippen molar-refractivity contribution in [3.05, 3.63) is 65.2 Å². The molecule has 1 aliphatic heterocycles. The molecule has 0 aliphatic carbocycles. The van der Waals surface area contributed by atoms with Gasteiger partial charge in [-0.25, -0.2) is 0 Å². The Morgan fingerprint density at radius 2 is 1.77 bits per heavy atom. The largest absolute Gasteiger partial charge is 0.379 e. The van der Waals surface area contributed by atoms with Gasteiger partial charge in [-0.3, -0.25) is 14.5 Å². The third-order valence-electron chi connectivity index (χ3n) is 5.20. The van der Waals surface area contributed by atoms with Gasteiger partial charge in [0, 0.05) is 32.7 Å². The average Bonchev–Trinajstić information content (AvgIpc) is 2.79. The number of amides is 2. The molecular formula is C23H29ClN4O3. The summed E-state index contributed by atoms with van der Waals surface area (Å²) in [6.07, 6.45) is 0. The molecule has 7 nitrogen and oxygen atoms in total. The lowest BCUT2D eigenvalue weighted by Gasteiger charge is -2.31. The molecule has 2 aromatic rings. The molecule has 1 fully saturated rings. The van der Waals surface area contributed by atoms with Gasteiger partial charge in [0.15, 0.2) is 0 Å². The van der Waals surface area contributed by atoms with E-state index in [0.29, 0.717) is 10.7 Å². The number of anilines is 1. The highest BCUT2D eigenvalue weighted by atomic mass is 35.5. The molecular weight excluding hydrogens is 416 g/mol. The average molecular weight is 445 g/mol. The van der Waals surface area contributed by atoms with E-state index in [0.717, 1.165) is 38.4 Å². The van der Waals surface area contributed by atoms with Gasteiger partial charge in [0.05, 0.1) is 37.0 Å². The van der Waals surface area contributed by atoms with Crippen molar-refractivity contribution in [1.82, 2.24) is 15.1 Å². The number of morpholine rings is 1. The van der Waals surface area contributed by atoms with Crippen molar-refractivity contribution in [2.24, 2.45) is 0 Å². The van der Waals surface area contributed by atoms with Crippen molar-refractivity contribution >= 4 is 29.1 Å². The molecule has 3 rings (SSSR count). The van der Waals surface area contributed by atoms with Crippen LogP contribution in [0.4, 0.5) is 5.69 Å². The van der Waals surface area contributed by atoms with Gasteiger partial charge in [-0.05, 0) is 17.7 Å². The van der Waals surface area contributed by atoms with Crippen molar-refractivity contribution in [2.75, 3.05) is 58.3 Å². The summed E-state index contributed by atoms with van der Waals surface area (Å²) in [5, 5.41) is 6.57. The number of likely N-dealkylation sites (N-methyl/N-ethyl adjacent to an activating group) is 1. The summed E-state index contributed by atoms with van der Waals surface area (Å²) in [5.74, 6) is -0.450. The van der Waals surface area contributed by atoms with Crippen LogP contribution in [0.25, 0.3) is 0 Å². The van der Waals surface area contributed by atoms with Gasteiger partial charge < -0.3 is 20.3 Å². The van der Waals surface area contributed by atoms with Gasteiger partial charge in [-0.1, -0.05) is 54.1 Å². The molecule has 1 aliphatic rings. The lowest BCUT2D eigenvalue weighted by atomic mass is 10.1. The van der Waals surface area contributed by atoms with Crippen LogP contribution in [0.15, 0.2) is 54.6 Å². The summed E-state index contributed by atoms with van der Waals surface area (Å²) in [4.78, 5) is 28.7. The van der Waals surface area contributed by atoms with E-state index in [1.165, 1.54) is 4.90 Å². The second-order valence-corrected chi connectivity index (χ2v) is 7.94. The molecule has 0 spiro atoms. The Hall–Kier alpha value is -2.45. The molecule has 2 N–H and O–H groups in total. The first kappa shape index (κ1) is 23.2. The zero-order valence-electron chi connectivity index (χ0n) is 17.7. The predicted octanol–water partition coefficient (Wildman–Crippen LogP) is 2.40. The second-order valence-electron chi connectivity index (χ2n) is 7.53. The Kier molecular flexibility index (Phi) is 8.85. The van der Waals surface area contributed by atoms with Crippen molar-refractivity contribution in [3.63, 3.8) is 0 Å². The van der Waals surface area contributed by atoms with Crippen LogP contribution < -0.4 is 10.6 Å². The van der Waals surface area contributed by atoms with Gasteiger partial charge in [-0.15, -0.1) is 0 Å². The maximum absolute atomic E-state index is 12.6. The van der Waals surface area contributed by atoms with Crippen LogP contribution in [-0.2, 0) is 14.3 Å². The third kappa shape index (κ3) is 7.33. The fourth-order valence-electron chi connectivity index (χ4n) is 3.42. The number of para-hydroxylation sites is 1. The van der Waals surface area contributed by atoms with Crippen LogP contribution in [-0.4, -0.2) is 74.6 Å². The van der Waals surface area contributed by atoms with E-state index >= 15 is 0 Å². The van der Waals surface area contributed by atoms with E-state index < -0.39 is 0 Å². The normalized spacial score (nSPS) is 15.3. The summed E-state index contributed by atoms with van der Waals surface area (Å²) in [6, 6.07) is 17.1. The first-order valence-corrected chi connectivity index (χ1v) is 10.8. The van der Waals surface area contributed by atoms with E-state index in [-0.39, 0.29) is 30.9 Å². The maximum atomic E-state index is 12.6. The fraction of sp³-hybridized carbons (Fsp3) is 0.391. The number of nitrogens with zero attached hydrogens (tertiary/aromatic N) is 2. The highest BCUT2D eigenvalue weighted by Gasteiger charge is 2.20. The molecule has 1 saturated heterocycles. The van der Waals surface area contributed by atoms with Crippen LogP contribution >= 0.6 is 11.6 Å². The minimum Gasteiger partial charge on any atom is -0.379 e. The van der Waals surface area contributed by atoms with Gasteiger partial charge in [-0.2, -0.15) is 0 Å². The fourth-order valence-corrected chi connectivity index (χ4v) is 3.60. The maximum Gasteiger partial charge on any atom is 0.244 e. The number of rotatable bonds is 9. The van der Waals surface area contributed by atoms with Crippen LogP contribution in [0.5, 0.6) is 0 Å². The van der Waals surface area contributed by atoms with Gasteiger partial charge in [0.25, 0.3) is 0 Å². The van der Waals surface area contributed by atoms with E-state index in [9.17, 15) is 9.59 Å². The molecule has 2 amide bonds. The monoisotopic (exact) mass is 444 g/mol. The summed E-state index contributed by atoms with van der Waals surface area (Å²) >= 11 is 6.07. The lowest BCUT2D eigenvalue weighted by molar-refractivity contribution is -0.132. The first-order valence-electron chi connectivity index (χ1n) is 10.4. The quantitative estimate of drug-likeness (QED) is 0.621. The Morgan fingerprint density at radius 1 is 1.10 bits per heavy atom. The van der Waals surface area contributed by atoms with Crippen molar-refractivity contribution < 1.29 is 14.3 Å². The summed E-state index contributed by atoms with van der Waals surface area (Å²) in [7, 11) is 1.62. The SMILES string of the molecule is CN(CC(=O)Nc1ccccc1Cl)C(=O)CNC(CN1CCOCC1)c1ccccc1. The number of hydrogen-bond donors (Lipinski definition) is 2. The second kappa shape index (κ2) is 11.8. The summed E-state index contributed by atoms with van der Waals surface area (Å²) in [5.41, 5.74) is 1.66. The summed E-state index contributed by atoms with van der Waals surface area (Å²) in [6.45, 7) is 4.08. The Morgan fingerprint density at radius 3 is 2.48 bits per heavy atom. The van der Waals surface area contributed by atoms with Crippen LogP contribution in [0, 0.1) is 0 Å². The number of benzene rings is 2. The number of halogens is 1. The van der Waals surface area contributed by atoms with Gasteiger partial charge in [0.2, 0.25) is 11.8 Å². The molecule has 0 radical (unpaired) electrons. The molecule has 0 bridgehead atoms. The standard InChI is InChI=1S/C23H29ClN4O3/c1-27(17-22(29)26-20-10-6-5-9-19(20)24)23(30)15-25-21(18-7-3-2-4-8-18)16-28-11-13-31-14-12-28/h2-10,21,25H,11-17H2,1H3,(H,26,29). The molecule has 166 valence electrons. The van der Waals surface area contributed by atoms with E-state index in [4.69, 9.17) is 16.3 Å². The molecule has 0 aromatic heterocycles. The highest BCUT2D eigenvalue weighted by molar-refractivity contribution is 6.33. The van der Waals surface area contributed by atoms with Crippen molar-refractivity contribution in [3.8, 4) is 0 Å². The lowest BCUT2D eigenvalue weighted by Crippen LogP contribution is -2.45. The molecule has 1 heterocycles. The zero-order chi connectivity index (χ0) is 22.1. The van der Waals surface area contributed by atoms with Crippen LogP contribution in [0.2, 0.25) is 5.02 Å².